The molecule has 0 spiro atoms. The molecule has 1 unspecified atom stereocenters. The van der Waals surface area contributed by atoms with Crippen molar-refractivity contribution < 1.29 is 48.1 Å². The van der Waals surface area contributed by atoms with Crippen LogP contribution < -0.4 is 0 Å². The maximum Gasteiger partial charge on any atom is 0.381 e. The summed E-state index contributed by atoms with van der Waals surface area (Å²) in [5.74, 6) is -6.89. The Labute approximate surface area is 124 Å². The molecule has 10 heteroatoms. The van der Waals surface area contributed by atoms with E-state index in [1.54, 1.807) is 0 Å². The predicted octanol–water partition coefficient (Wildman–Crippen LogP) is -1.58. The molecular formula is C12H14O10. The van der Waals surface area contributed by atoms with Crippen molar-refractivity contribution in [2.24, 2.45) is 0 Å². The van der Waals surface area contributed by atoms with Crippen molar-refractivity contribution in [2.75, 3.05) is 7.11 Å². The second kappa shape index (κ2) is 9.34. The van der Waals surface area contributed by atoms with Crippen LogP contribution in [0.4, 0.5) is 0 Å². The second-order valence-electron chi connectivity index (χ2n) is 3.91. The van der Waals surface area contributed by atoms with Crippen LogP contribution in [0.3, 0.4) is 0 Å². The minimum absolute atomic E-state index is 0.593. The van der Waals surface area contributed by atoms with Gasteiger partial charge in [0.15, 0.2) is 6.10 Å². The van der Waals surface area contributed by atoms with Crippen molar-refractivity contribution in [2.45, 2.75) is 32.3 Å². The highest BCUT2D eigenvalue weighted by Gasteiger charge is 2.23. The van der Waals surface area contributed by atoms with Crippen LogP contribution in [0.25, 0.3) is 0 Å². The monoisotopic (exact) mass is 318 g/mol. The van der Waals surface area contributed by atoms with Gasteiger partial charge in [0.05, 0.1) is 26.4 Å². The highest BCUT2D eigenvalue weighted by molar-refractivity contribution is 6.34. The Morgan fingerprint density at radius 1 is 0.909 bits per heavy atom. The number of aliphatic hydroxyl groups is 1. The minimum atomic E-state index is -1.77. The molecule has 0 saturated carbocycles. The molecule has 0 aromatic carbocycles. The van der Waals surface area contributed by atoms with Crippen LogP contribution in [-0.2, 0) is 43.0 Å². The molecule has 0 aliphatic carbocycles. The SMILES string of the molecule is COC(=O)C(O)CC(=O)OC(=O)CCC(=O)OC(=O)C(C)=O. The van der Waals surface area contributed by atoms with Crippen LogP contribution in [0.2, 0.25) is 0 Å². The van der Waals surface area contributed by atoms with Gasteiger partial charge in [0.25, 0.3) is 0 Å². The van der Waals surface area contributed by atoms with E-state index in [1.165, 1.54) is 0 Å². The second-order valence-corrected chi connectivity index (χ2v) is 3.91. The molecule has 10 nitrogen and oxygen atoms in total. The Balaban J connectivity index is 4.11. The van der Waals surface area contributed by atoms with Crippen molar-refractivity contribution in [3.8, 4) is 0 Å². The highest BCUT2D eigenvalue weighted by Crippen LogP contribution is 2.01. The maximum atomic E-state index is 11.2. The summed E-state index contributed by atoms with van der Waals surface area (Å²) in [6, 6.07) is 0. The number of ketones is 1. The fourth-order valence-corrected chi connectivity index (χ4v) is 1.03. The van der Waals surface area contributed by atoms with Crippen LogP contribution in [0.15, 0.2) is 0 Å². The number of esters is 5. The van der Waals surface area contributed by atoms with Gasteiger partial charge in [-0.15, -0.1) is 0 Å². The van der Waals surface area contributed by atoms with E-state index in [0.29, 0.717) is 0 Å². The number of ether oxygens (including phenoxy) is 3. The Bertz CT molecular complexity index is 492. The van der Waals surface area contributed by atoms with E-state index in [0.717, 1.165) is 14.0 Å². The molecule has 0 fully saturated rings. The summed E-state index contributed by atoms with van der Waals surface area (Å²) >= 11 is 0. The predicted molar refractivity (Wildman–Crippen MR) is 64.8 cm³/mol. The topological polar surface area (TPSA) is 150 Å². The quantitative estimate of drug-likeness (QED) is 0.252. The van der Waals surface area contributed by atoms with E-state index in [2.05, 4.69) is 14.2 Å². The van der Waals surface area contributed by atoms with E-state index < -0.39 is 61.0 Å². The van der Waals surface area contributed by atoms with E-state index in [-0.39, 0.29) is 0 Å². The molecule has 0 aromatic heterocycles. The van der Waals surface area contributed by atoms with E-state index in [4.69, 9.17) is 5.11 Å². The van der Waals surface area contributed by atoms with Gasteiger partial charge in [-0.05, 0) is 0 Å². The molecule has 22 heavy (non-hydrogen) atoms. The van der Waals surface area contributed by atoms with E-state index >= 15 is 0 Å². The molecular weight excluding hydrogens is 304 g/mol. The number of carbonyl (C=O) groups excluding carboxylic acids is 6. The van der Waals surface area contributed by atoms with Crippen LogP contribution >= 0.6 is 0 Å². The number of hydrogen-bond donors (Lipinski definition) is 1. The average Bonchev–Trinajstić information content (AvgIpc) is 2.43. The number of aliphatic hydroxyl groups excluding tert-OH is 1. The van der Waals surface area contributed by atoms with E-state index in [9.17, 15) is 28.8 Å². The van der Waals surface area contributed by atoms with Gasteiger partial charge in [-0.3, -0.25) is 19.2 Å². The third kappa shape index (κ3) is 7.85. The van der Waals surface area contributed by atoms with Gasteiger partial charge in [0, 0.05) is 6.92 Å². The summed E-state index contributed by atoms with van der Waals surface area (Å²) < 4.78 is 12.4. The maximum absolute atomic E-state index is 11.2. The summed E-state index contributed by atoms with van der Waals surface area (Å²) in [5.41, 5.74) is 0. The van der Waals surface area contributed by atoms with Crippen molar-refractivity contribution in [3.63, 3.8) is 0 Å². The van der Waals surface area contributed by atoms with Gasteiger partial charge in [-0.2, -0.15) is 0 Å². The third-order valence-electron chi connectivity index (χ3n) is 2.09. The first kappa shape index (κ1) is 19.4. The molecule has 0 amide bonds. The lowest BCUT2D eigenvalue weighted by atomic mass is 10.2. The smallest absolute Gasteiger partial charge is 0.381 e. The number of rotatable bonds is 7. The number of methoxy groups -OCH3 is 1. The first-order valence-corrected chi connectivity index (χ1v) is 5.92. The summed E-state index contributed by atoms with van der Waals surface area (Å²) in [6.07, 6.45) is -3.76. The molecule has 0 saturated heterocycles. The van der Waals surface area contributed by atoms with Crippen LogP contribution in [0, 0.1) is 0 Å². The zero-order chi connectivity index (χ0) is 17.3. The lowest BCUT2D eigenvalue weighted by Gasteiger charge is -2.07. The summed E-state index contributed by atoms with van der Waals surface area (Å²) in [6.45, 7) is 0.898. The largest absolute Gasteiger partial charge is 0.467 e. The van der Waals surface area contributed by atoms with Gasteiger partial charge in [-0.25, -0.2) is 9.59 Å². The van der Waals surface area contributed by atoms with Crippen molar-refractivity contribution in [1.82, 2.24) is 0 Å². The molecule has 0 heterocycles. The van der Waals surface area contributed by atoms with Crippen LogP contribution in [0.1, 0.15) is 26.2 Å². The van der Waals surface area contributed by atoms with E-state index in [1.807, 2.05) is 0 Å². The Morgan fingerprint density at radius 2 is 1.41 bits per heavy atom. The molecule has 122 valence electrons. The van der Waals surface area contributed by atoms with Gasteiger partial charge in [0.2, 0.25) is 5.78 Å². The fourth-order valence-electron chi connectivity index (χ4n) is 1.03. The zero-order valence-electron chi connectivity index (χ0n) is 11.8. The lowest BCUT2D eigenvalue weighted by Crippen LogP contribution is -2.27. The Morgan fingerprint density at radius 3 is 1.86 bits per heavy atom. The molecule has 0 aliphatic rings. The van der Waals surface area contributed by atoms with Gasteiger partial charge >= 0.3 is 29.8 Å². The number of hydrogen-bond acceptors (Lipinski definition) is 10. The van der Waals surface area contributed by atoms with Gasteiger partial charge < -0.3 is 19.3 Å². The molecule has 0 aromatic rings. The third-order valence-corrected chi connectivity index (χ3v) is 2.09. The van der Waals surface area contributed by atoms with Crippen LogP contribution in [0.5, 0.6) is 0 Å². The van der Waals surface area contributed by atoms with Crippen LogP contribution in [-0.4, -0.2) is 54.0 Å². The molecule has 0 rings (SSSR count). The fraction of sp³-hybridized carbons (Fsp3) is 0.500. The molecule has 0 aliphatic heterocycles. The Kier molecular flexibility index (Phi) is 8.23. The number of carbonyl (C=O) groups is 6. The molecule has 0 radical (unpaired) electrons. The first-order chi connectivity index (χ1) is 10.2. The molecule has 1 atom stereocenters. The number of Topliss-reactive ketones (excluding diaryl/α,β-unsaturated/α-hetero) is 1. The minimum Gasteiger partial charge on any atom is -0.467 e. The summed E-state index contributed by atoms with van der Waals surface area (Å²) in [7, 11) is 0.996. The van der Waals surface area contributed by atoms with Crippen molar-refractivity contribution >= 4 is 35.6 Å². The standard InChI is InChI=1S/C12H14O10/c1-6(13)11(18)22-9(16)4-3-8(15)21-10(17)5-7(14)12(19)20-2/h7,14H,3-5H2,1-2H3. The van der Waals surface area contributed by atoms with Gasteiger partial charge in [-0.1, -0.05) is 0 Å². The van der Waals surface area contributed by atoms with Crippen molar-refractivity contribution in [1.29, 1.82) is 0 Å². The summed E-state index contributed by atoms with van der Waals surface area (Å²) in [4.78, 5) is 65.5. The average molecular weight is 318 g/mol. The zero-order valence-corrected chi connectivity index (χ0v) is 11.8. The summed E-state index contributed by atoms with van der Waals surface area (Å²) in [5, 5.41) is 9.14. The van der Waals surface area contributed by atoms with Crippen molar-refractivity contribution in [3.05, 3.63) is 0 Å². The first-order valence-electron chi connectivity index (χ1n) is 5.92. The normalized spacial score (nSPS) is 11.0. The molecule has 1 N–H and O–H groups in total. The lowest BCUT2D eigenvalue weighted by molar-refractivity contribution is -0.168. The Hall–Kier alpha value is -2.62. The molecule has 0 bridgehead atoms. The highest BCUT2D eigenvalue weighted by atomic mass is 16.6. The van der Waals surface area contributed by atoms with Gasteiger partial charge in [0.1, 0.15) is 0 Å².